The monoisotopic (exact) mass is 404 g/mol. The fourth-order valence-electron chi connectivity index (χ4n) is 2.92. The molecule has 2 aromatic carbocycles. The molecule has 4 aromatic rings. The summed E-state index contributed by atoms with van der Waals surface area (Å²) < 4.78 is 5.38. The van der Waals surface area contributed by atoms with Gasteiger partial charge in [0, 0.05) is 12.2 Å². The Kier molecular flexibility index (Phi) is 5.97. The quantitative estimate of drug-likeness (QED) is 0.466. The van der Waals surface area contributed by atoms with Crippen LogP contribution in [0.25, 0.3) is 10.7 Å². The zero-order chi connectivity index (χ0) is 19.9. The molecule has 0 bridgehead atoms. The molecular formula is C22H20N4O2S. The number of benzene rings is 2. The zero-order valence-corrected chi connectivity index (χ0v) is 16.5. The molecule has 29 heavy (non-hydrogen) atoms. The van der Waals surface area contributed by atoms with Gasteiger partial charge >= 0.3 is 6.03 Å². The number of hydrogen-bond donors (Lipinski definition) is 2. The van der Waals surface area contributed by atoms with Crippen LogP contribution < -0.4 is 10.6 Å². The Labute approximate surface area is 172 Å². The van der Waals surface area contributed by atoms with E-state index >= 15 is 0 Å². The van der Waals surface area contributed by atoms with Gasteiger partial charge in [0.05, 0.1) is 11.3 Å². The van der Waals surface area contributed by atoms with E-state index in [4.69, 9.17) is 4.52 Å². The van der Waals surface area contributed by atoms with E-state index in [9.17, 15) is 4.79 Å². The van der Waals surface area contributed by atoms with Crippen molar-refractivity contribution in [3.05, 3.63) is 89.1 Å². The maximum atomic E-state index is 12.3. The molecule has 0 saturated carbocycles. The third kappa shape index (κ3) is 5.08. The second-order valence-corrected chi connectivity index (χ2v) is 7.39. The van der Waals surface area contributed by atoms with Crippen LogP contribution in [0.5, 0.6) is 0 Å². The molecule has 146 valence electrons. The molecule has 0 unspecified atom stereocenters. The number of aromatic nitrogens is 2. The van der Waals surface area contributed by atoms with Gasteiger partial charge < -0.3 is 15.2 Å². The van der Waals surface area contributed by atoms with Crippen molar-refractivity contribution in [3.63, 3.8) is 0 Å². The van der Waals surface area contributed by atoms with Crippen molar-refractivity contribution in [2.75, 3.05) is 11.9 Å². The van der Waals surface area contributed by atoms with Crippen LogP contribution in [-0.4, -0.2) is 22.7 Å². The fourth-order valence-corrected chi connectivity index (χ4v) is 3.57. The van der Waals surface area contributed by atoms with Crippen LogP contribution in [0, 0.1) is 0 Å². The Morgan fingerprint density at radius 1 is 1.00 bits per heavy atom. The molecule has 0 atom stereocenters. The average molecular weight is 404 g/mol. The minimum absolute atomic E-state index is 0.238. The van der Waals surface area contributed by atoms with Crippen LogP contribution >= 0.6 is 11.3 Å². The predicted octanol–water partition coefficient (Wildman–Crippen LogP) is 4.75. The normalized spacial score (nSPS) is 10.6. The van der Waals surface area contributed by atoms with Crippen LogP contribution in [0.3, 0.4) is 0 Å². The lowest BCUT2D eigenvalue weighted by molar-refractivity contribution is 0.252. The third-order valence-electron chi connectivity index (χ3n) is 4.36. The van der Waals surface area contributed by atoms with Gasteiger partial charge in [-0.3, -0.25) is 0 Å². The van der Waals surface area contributed by atoms with Gasteiger partial charge in [0.1, 0.15) is 0 Å². The van der Waals surface area contributed by atoms with E-state index < -0.39 is 0 Å². The molecule has 2 heterocycles. The van der Waals surface area contributed by atoms with Crippen molar-refractivity contribution >= 4 is 23.1 Å². The summed E-state index contributed by atoms with van der Waals surface area (Å²) in [6, 6.07) is 21.3. The highest BCUT2D eigenvalue weighted by Gasteiger charge is 2.13. The zero-order valence-electron chi connectivity index (χ0n) is 15.7. The Balaban J connectivity index is 1.36. The average Bonchev–Trinajstić information content (AvgIpc) is 3.42. The molecule has 2 N–H and O–H groups in total. The lowest BCUT2D eigenvalue weighted by atomic mass is 10.1. The molecule has 0 aliphatic heterocycles. The highest BCUT2D eigenvalue weighted by Crippen LogP contribution is 2.23. The molecule has 4 rings (SSSR count). The summed E-state index contributed by atoms with van der Waals surface area (Å²) in [6.07, 6.45) is 1.22. The molecule has 6 nitrogen and oxygen atoms in total. The van der Waals surface area contributed by atoms with Crippen molar-refractivity contribution in [1.82, 2.24) is 15.5 Å². The van der Waals surface area contributed by atoms with Crippen molar-refractivity contribution in [1.29, 1.82) is 0 Å². The molecule has 2 aromatic heterocycles. The van der Waals surface area contributed by atoms with Crippen LogP contribution in [-0.2, 0) is 12.8 Å². The number of nitrogens with zero attached hydrogens (tertiary/aromatic N) is 2. The number of thiophene rings is 1. The Bertz CT molecular complexity index is 1060. The summed E-state index contributed by atoms with van der Waals surface area (Å²) in [5.41, 5.74) is 2.82. The van der Waals surface area contributed by atoms with E-state index in [1.807, 2.05) is 72.1 Å². The van der Waals surface area contributed by atoms with Crippen LogP contribution in [0.2, 0.25) is 0 Å². The summed E-state index contributed by atoms with van der Waals surface area (Å²) in [5.74, 6) is 1.09. The number of carbonyl (C=O) groups is 1. The lowest BCUT2D eigenvalue weighted by Gasteiger charge is -2.11. The smallest absolute Gasteiger partial charge is 0.319 e. The molecule has 7 heteroatoms. The summed E-state index contributed by atoms with van der Waals surface area (Å²) in [4.78, 5) is 17.7. The van der Waals surface area contributed by atoms with Crippen molar-refractivity contribution in [3.8, 4) is 10.7 Å². The summed E-state index contributed by atoms with van der Waals surface area (Å²) in [6.45, 7) is 0.561. The van der Waals surface area contributed by atoms with Gasteiger partial charge in [-0.05, 0) is 35.1 Å². The lowest BCUT2D eigenvalue weighted by Crippen LogP contribution is -2.30. The van der Waals surface area contributed by atoms with E-state index in [0.717, 1.165) is 22.5 Å². The van der Waals surface area contributed by atoms with Crippen molar-refractivity contribution in [2.45, 2.75) is 12.8 Å². The standard InChI is InChI=1S/C22H20N4O2S/c27-22(23-13-12-16-7-2-1-3-8-16)24-18-10-5-4-9-17(18)15-20-25-21(26-28-20)19-11-6-14-29-19/h1-11,14H,12-13,15H2,(H2,23,24,27). The molecule has 2 amide bonds. The van der Waals surface area contributed by atoms with E-state index in [0.29, 0.717) is 24.7 Å². The number of anilines is 1. The van der Waals surface area contributed by atoms with Gasteiger partial charge in [0.2, 0.25) is 11.7 Å². The van der Waals surface area contributed by atoms with E-state index in [1.165, 1.54) is 5.56 Å². The molecule has 0 radical (unpaired) electrons. The van der Waals surface area contributed by atoms with Crippen LogP contribution in [0.1, 0.15) is 17.0 Å². The Hall–Kier alpha value is -3.45. The third-order valence-corrected chi connectivity index (χ3v) is 5.22. The second-order valence-electron chi connectivity index (χ2n) is 6.44. The predicted molar refractivity (Wildman–Crippen MR) is 114 cm³/mol. The van der Waals surface area contributed by atoms with Gasteiger partial charge in [-0.25, -0.2) is 4.79 Å². The summed E-state index contributed by atoms with van der Waals surface area (Å²) >= 11 is 1.56. The van der Waals surface area contributed by atoms with Gasteiger partial charge in [0.25, 0.3) is 0 Å². The molecule has 0 saturated heterocycles. The van der Waals surface area contributed by atoms with E-state index in [2.05, 4.69) is 20.8 Å². The van der Waals surface area contributed by atoms with Gasteiger partial charge in [0.15, 0.2) is 0 Å². The Morgan fingerprint density at radius 2 is 1.83 bits per heavy atom. The second kappa shape index (κ2) is 9.16. The first-order valence-corrected chi connectivity index (χ1v) is 10.2. The number of para-hydroxylation sites is 1. The van der Waals surface area contributed by atoms with E-state index in [-0.39, 0.29) is 6.03 Å². The van der Waals surface area contributed by atoms with Crippen molar-refractivity contribution < 1.29 is 9.32 Å². The molecule has 0 fully saturated rings. The number of nitrogens with one attached hydrogen (secondary N) is 2. The molecule has 0 aliphatic carbocycles. The topological polar surface area (TPSA) is 80.0 Å². The van der Waals surface area contributed by atoms with Crippen LogP contribution in [0.15, 0.2) is 76.6 Å². The largest absolute Gasteiger partial charge is 0.339 e. The van der Waals surface area contributed by atoms with Crippen molar-refractivity contribution in [2.24, 2.45) is 0 Å². The molecule has 0 spiro atoms. The first-order chi connectivity index (χ1) is 14.3. The number of hydrogen-bond acceptors (Lipinski definition) is 5. The van der Waals surface area contributed by atoms with Crippen LogP contribution in [0.4, 0.5) is 10.5 Å². The van der Waals surface area contributed by atoms with E-state index in [1.54, 1.807) is 11.3 Å². The first kappa shape index (κ1) is 18.9. The minimum Gasteiger partial charge on any atom is -0.339 e. The highest BCUT2D eigenvalue weighted by atomic mass is 32.1. The highest BCUT2D eigenvalue weighted by molar-refractivity contribution is 7.13. The number of amides is 2. The van der Waals surface area contributed by atoms with Gasteiger partial charge in [-0.1, -0.05) is 59.8 Å². The minimum atomic E-state index is -0.238. The summed E-state index contributed by atoms with van der Waals surface area (Å²) in [7, 11) is 0. The molecular weight excluding hydrogens is 384 g/mol. The SMILES string of the molecule is O=C(NCCc1ccccc1)Nc1ccccc1Cc1nc(-c2cccs2)no1. The number of rotatable bonds is 7. The maximum absolute atomic E-state index is 12.3. The Morgan fingerprint density at radius 3 is 2.66 bits per heavy atom. The van der Waals surface area contributed by atoms with Gasteiger partial charge in [-0.2, -0.15) is 4.98 Å². The molecule has 0 aliphatic rings. The first-order valence-electron chi connectivity index (χ1n) is 9.31. The van der Waals surface area contributed by atoms with Gasteiger partial charge in [-0.15, -0.1) is 11.3 Å². The fraction of sp³-hybridized carbons (Fsp3) is 0.136. The summed E-state index contributed by atoms with van der Waals surface area (Å²) in [5, 5.41) is 11.8. The number of urea groups is 1. The number of carbonyl (C=O) groups excluding carboxylic acids is 1. The maximum Gasteiger partial charge on any atom is 0.319 e.